The van der Waals surface area contributed by atoms with Crippen molar-refractivity contribution >= 4 is 16.9 Å². The molecule has 0 atom stereocenters. The lowest BCUT2D eigenvalue weighted by molar-refractivity contribution is 0.0964. The Labute approximate surface area is 159 Å². The van der Waals surface area contributed by atoms with Gasteiger partial charge in [-0.05, 0) is 36.4 Å². The van der Waals surface area contributed by atoms with Gasteiger partial charge in [-0.3, -0.25) is 4.79 Å². The minimum atomic E-state index is -0.378. The molecule has 0 unspecified atom stereocenters. The first-order valence-electron chi connectivity index (χ1n) is 8.45. The summed E-state index contributed by atoms with van der Waals surface area (Å²) in [6.07, 6.45) is 0. The minimum Gasteiger partial charge on any atom is -0.496 e. The first-order valence-corrected chi connectivity index (χ1v) is 8.45. The Balaban J connectivity index is 2.00. The van der Waals surface area contributed by atoms with Gasteiger partial charge >= 0.3 is 0 Å². The molecule has 4 rings (SSSR count). The normalized spacial score (nSPS) is 11.0. The monoisotopic (exact) mass is 381 g/mol. The SMILES string of the molecule is CNC(=O)c1c(-c2ccc(F)cc2)oc2cc(-c3nnc(C)o3)c(OC)cc12. The summed E-state index contributed by atoms with van der Waals surface area (Å²) >= 11 is 0. The van der Waals surface area contributed by atoms with E-state index >= 15 is 0 Å². The van der Waals surface area contributed by atoms with Gasteiger partial charge in [0, 0.05) is 24.9 Å². The van der Waals surface area contributed by atoms with Gasteiger partial charge in [-0.25, -0.2) is 4.39 Å². The molecule has 4 aromatic rings. The van der Waals surface area contributed by atoms with E-state index in [1.54, 1.807) is 31.2 Å². The Morgan fingerprint density at radius 2 is 1.89 bits per heavy atom. The fourth-order valence-corrected chi connectivity index (χ4v) is 3.02. The third-order valence-corrected chi connectivity index (χ3v) is 4.33. The molecular weight excluding hydrogens is 365 g/mol. The molecule has 0 aliphatic heterocycles. The van der Waals surface area contributed by atoms with Gasteiger partial charge in [0.2, 0.25) is 5.89 Å². The van der Waals surface area contributed by atoms with Crippen LogP contribution >= 0.6 is 0 Å². The largest absolute Gasteiger partial charge is 0.496 e. The summed E-state index contributed by atoms with van der Waals surface area (Å²) in [5.74, 6) is 0.758. The maximum atomic E-state index is 13.3. The van der Waals surface area contributed by atoms with Crippen LogP contribution in [0.4, 0.5) is 4.39 Å². The number of hydrogen-bond acceptors (Lipinski definition) is 6. The fraction of sp³-hybridized carbons (Fsp3) is 0.150. The molecular formula is C20H16FN3O4. The van der Waals surface area contributed by atoms with Crippen LogP contribution in [0.5, 0.6) is 5.75 Å². The van der Waals surface area contributed by atoms with Crippen LogP contribution < -0.4 is 10.1 Å². The Morgan fingerprint density at radius 3 is 2.50 bits per heavy atom. The molecule has 0 aliphatic carbocycles. The number of aryl methyl sites for hydroxylation is 1. The zero-order chi connectivity index (χ0) is 19.8. The van der Waals surface area contributed by atoms with E-state index in [0.717, 1.165) is 0 Å². The van der Waals surface area contributed by atoms with Gasteiger partial charge in [0.25, 0.3) is 11.8 Å². The number of hydrogen-bond donors (Lipinski definition) is 1. The summed E-state index contributed by atoms with van der Waals surface area (Å²) in [5.41, 5.74) is 1.88. The molecule has 2 aromatic carbocycles. The Kier molecular flexibility index (Phi) is 4.31. The van der Waals surface area contributed by atoms with Crippen LogP contribution in [0.25, 0.3) is 33.7 Å². The number of nitrogens with one attached hydrogen (secondary N) is 1. The van der Waals surface area contributed by atoms with E-state index in [-0.39, 0.29) is 17.6 Å². The summed E-state index contributed by atoms with van der Waals surface area (Å²) in [7, 11) is 3.04. The second-order valence-corrected chi connectivity index (χ2v) is 6.07. The summed E-state index contributed by atoms with van der Waals surface area (Å²) in [6, 6.07) is 9.09. The van der Waals surface area contributed by atoms with Crippen LogP contribution in [0, 0.1) is 12.7 Å². The topological polar surface area (TPSA) is 90.4 Å². The number of aromatic nitrogens is 2. The molecule has 0 fully saturated rings. The zero-order valence-electron chi connectivity index (χ0n) is 15.4. The molecule has 142 valence electrons. The molecule has 28 heavy (non-hydrogen) atoms. The summed E-state index contributed by atoms with van der Waals surface area (Å²) in [6.45, 7) is 1.69. The van der Waals surface area contributed by atoms with Gasteiger partial charge in [0.15, 0.2) is 0 Å². The van der Waals surface area contributed by atoms with E-state index in [9.17, 15) is 9.18 Å². The summed E-state index contributed by atoms with van der Waals surface area (Å²) in [5, 5.41) is 11.0. The minimum absolute atomic E-state index is 0.275. The standard InChI is InChI=1S/C20H16FN3O4/c1-10-23-24-20(27-10)14-9-16-13(8-15(14)26-3)17(19(25)22-2)18(28-16)11-4-6-12(21)7-5-11/h4-9H,1-3H3,(H,22,25). The van der Waals surface area contributed by atoms with Crippen LogP contribution in [0.15, 0.2) is 45.2 Å². The Morgan fingerprint density at radius 1 is 1.14 bits per heavy atom. The molecule has 1 N–H and O–H groups in total. The highest BCUT2D eigenvalue weighted by molar-refractivity contribution is 6.12. The molecule has 2 heterocycles. The third-order valence-electron chi connectivity index (χ3n) is 4.33. The highest BCUT2D eigenvalue weighted by Gasteiger charge is 2.24. The zero-order valence-corrected chi connectivity index (χ0v) is 15.4. The van der Waals surface area contributed by atoms with Crippen molar-refractivity contribution in [2.45, 2.75) is 6.92 Å². The quantitative estimate of drug-likeness (QED) is 0.575. The number of furan rings is 1. The lowest BCUT2D eigenvalue weighted by Gasteiger charge is -2.06. The molecule has 0 saturated carbocycles. The first kappa shape index (κ1) is 17.7. The van der Waals surface area contributed by atoms with E-state index in [1.165, 1.54) is 26.3 Å². The number of fused-ring (bicyclic) bond motifs is 1. The number of amides is 1. The van der Waals surface area contributed by atoms with Crippen LogP contribution in [-0.2, 0) is 0 Å². The number of benzene rings is 2. The Bertz CT molecular complexity index is 1180. The van der Waals surface area contributed by atoms with Crippen LogP contribution in [-0.4, -0.2) is 30.3 Å². The average Bonchev–Trinajstić information content (AvgIpc) is 3.30. The molecule has 0 saturated heterocycles. The van der Waals surface area contributed by atoms with E-state index in [1.807, 2.05) is 0 Å². The predicted octanol–water partition coefficient (Wildman–Crippen LogP) is 3.97. The van der Waals surface area contributed by atoms with Gasteiger partial charge in [-0.1, -0.05) is 0 Å². The van der Waals surface area contributed by atoms with Crippen molar-refractivity contribution in [3.05, 3.63) is 53.7 Å². The molecule has 0 radical (unpaired) electrons. The van der Waals surface area contributed by atoms with Crippen molar-refractivity contribution < 1.29 is 22.8 Å². The molecule has 0 bridgehead atoms. The summed E-state index contributed by atoms with van der Waals surface area (Å²) < 4.78 is 30.3. The highest BCUT2D eigenvalue weighted by atomic mass is 19.1. The Hall–Kier alpha value is -3.68. The van der Waals surface area contributed by atoms with E-state index in [0.29, 0.717) is 45.1 Å². The summed E-state index contributed by atoms with van der Waals surface area (Å²) in [4.78, 5) is 12.6. The van der Waals surface area contributed by atoms with Crippen molar-refractivity contribution in [1.29, 1.82) is 0 Å². The third kappa shape index (κ3) is 2.88. The molecule has 0 aliphatic rings. The van der Waals surface area contributed by atoms with Gasteiger partial charge in [-0.15, -0.1) is 10.2 Å². The van der Waals surface area contributed by atoms with Crippen molar-refractivity contribution in [2.24, 2.45) is 0 Å². The van der Waals surface area contributed by atoms with Gasteiger partial charge in [0.1, 0.15) is 22.9 Å². The van der Waals surface area contributed by atoms with Gasteiger partial charge in [-0.2, -0.15) is 0 Å². The number of rotatable bonds is 4. The van der Waals surface area contributed by atoms with Gasteiger partial charge < -0.3 is 18.9 Å². The number of carbonyl (C=O) groups excluding carboxylic acids is 1. The molecule has 2 aromatic heterocycles. The van der Waals surface area contributed by atoms with Crippen molar-refractivity contribution in [3.8, 4) is 28.5 Å². The number of ether oxygens (including phenoxy) is 1. The molecule has 7 nitrogen and oxygen atoms in total. The average molecular weight is 381 g/mol. The van der Waals surface area contributed by atoms with E-state index < -0.39 is 0 Å². The van der Waals surface area contributed by atoms with E-state index in [4.69, 9.17) is 13.6 Å². The van der Waals surface area contributed by atoms with Gasteiger partial charge in [0.05, 0.1) is 18.2 Å². The second kappa shape index (κ2) is 6.80. The highest BCUT2D eigenvalue weighted by Crippen LogP contribution is 2.40. The number of halogens is 1. The number of nitrogens with zero attached hydrogens (tertiary/aromatic N) is 2. The molecule has 0 spiro atoms. The molecule has 8 heteroatoms. The van der Waals surface area contributed by atoms with Crippen molar-refractivity contribution in [3.63, 3.8) is 0 Å². The fourth-order valence-electron chi connectivity index (χ4n) is 3.02. The number of methoxy groups -OCH3 is 1. The second-order valence-electron chi connectivity index (χ2n) is 6.07. The predicted molar refractivity (Wildman–Crippen MR) is 99.6 cm³/mol. The first-order chi connectivity index (χ1) is 13.5. The van der Waals surface area contributed by atoms with Crippen molar-refractivity contribution in [1.82, 2.24) is 15.5 Å². The molecule has 1 amide bonds. The maximum absolute atomic E-state index is 13.3. The lowest BCUT2D eigenvalue weighted by Crippen LogP contribution is -2.18. The van der Waals surface area contributed by atoms with Crippen LogP contribution in [0.2, 0.25) is 0 Å². The smallest absolute Gasteiger partial charge is 0.255 e. The van der Waals surface area contributed by atoms with E-state index in [2.05, 4.69) is 15.5 Å². The van der Waals surface area contributed by atoms with Crippen molar-refractivity contribution in [2.75, 3.05) is 14.2 Å². The van der Waals surface area contributed by atoms with Crippen LogP contribution in [0.3, 0.4) is 0 Å². The lowest BCUT2D eigenvalue weighted by atomic mass is 10.0. The number of carbonyl (C=O) groups is 1. The maximum Gasteiger partial charge on any atom is 0.255 e. The van der Waals surface area contributed by atoms with Crippen LogP contribution in [0.1, 0.15) is 16.2 Å².